The van der Waals surface area contributed by atoms with Crippen molar-refractivity contribution in [3.8, 4) is 0 Å². The number of aromatic carboxylic acids is 1. The van der Waals surface area contributed by atoms with Crippen molar-refractivity contribution in [2.24, 2.45) is 5.92 Å². The van der Waals surface area contributed by atoms with Crippen molar-refractivity contribution in [2.75, 3.05) is 13.1 Å². The highest BCUT2D eigenvalue weighted by molar-refractivity contribution is 9.10. The maximum atomic E-state index is 12.4. The fourth-order valence-corrected chi connectivity index (χ4v) is 4.55. The lowest BCUT2D eigenvalue weighted by Crippen LogP contribution is -2.30. The summed E-state index contributed by atoms with van der Waals surface area (Å²) in [5.41, 5.74) is 0. The molecule has 1 aliphatic heterocycles. The van der Waals surface area contributed by atoms with E-state index in [1.807, 2.05) is 0 Å². The van der Waals surface area contributed by atoms with E-state index in [9.17, 15) is 18.3 Å². The van der Waals surface area contributed by atoms with Crippen LogP contribution in [0.5, 0.6) is 0 Å². The molecular formula is C11H14BrNO6S. The lowest BCUT2D eigenvalue weighted by Gasteiger charge is -2.16. The van der Waals surface area contributed by atoms with Crippen LogP contribution in [0.2, 0.25) is 0 Å². The van der Waals surface area contributed by atoms with Crippen molar-refractivity contribution in [2.45, 2.75) is 24.3 Å². The van der Waals surface area contributed by atoms with Crippen LogP contribution in [-0.4, -0.2) is 48.1 Å². The van der Waals surface area contributed by atoms with Crippen molar-refractivity contribution >= 4 is 31.9 Å². The number of furan rings is 1. The average Bonchev–Trinajstić information content (AvgIpc) is 2.94. The largest absolute Gasteiger partial charge is 0.475 e. The Morgan fingerprint density at radius 1 is 1.60 bits per heavy atom. The molecule has 2 atom stereocenters. The van der Waals surface area contributed by atoms with Crippen LogP contribution >= 0.6 is 15.9 Å². The second kappa shape index (κ2) is 5.47. The van der Waals surface area contributed by atoms with Gasteiger partial charge in [-0.3, -0.25) is 0 Å². The number of sulfonamides is 1. The molecule has 0 radical (unpaired) electrons. The van der Waals surface area contributed by atoms with Crippen molar-refractivity contribution in [3.05, 3.63) is 16.5 Å². The minimum absolute atomic E-state index is 0.116. The van der Waals surface area contributed by atoms with E-state index in [-0.39, 0.29) is 28.6 Å². The third kappa shape index (κ3) is 2.76. The number of aliphatic hydroxyl groups is 1. The molecule has 20 heavy (non-hydrogen) atoms. The molecule has 2 unspecified atom stereocenters. The molecule has 112 valence electrons. The molecule has 1 aromatic heterocycles. The Kier molecular flexibility index (Phi) is 4.24. The van der Waals surface area contributed by atoms with Crippen LogP contribution in [-0.2, 0) is 10.0 Å². The maximum Gasteiger partial charge on any atom is 0.371 e. The van der Waals surface area contributed by atoms with Gasteiger partial charge in [0.2, 0.25) is 15.8 Å². The highest BCUT2D eigenvalue weighted by atomic mass is 79.9. The number of aliphatic hydroxyl groups excluding tert-OH is 1. The van der Waals surface area contributed by atoms with Crippen LogP contribution in [0.25, 0.3) is 0 Å². The predicted octanol–water partition coefficient (Wildman–Crippen LogP) is 1.13. The third-order valence-corrected chi connectivity index (χ3v) is 6.08. The number of nitrogens with zero attached hydrogens (tertiary/aromatic N) is 1. The van der Waals surface area contributed by atoms with Crippen molar-refractivity contribution in [1.82, 2.24) is 4.31 Å². The highest BCUT2D eigenvalue weighted by Crippen LogP contribution is 2.32. The average molecular weight is 368 g/mol. The number of carbonyl (C=O) groups is 1. The molecule has 0 amide bonds. The molecule has 0 saturated carbocycles. The van der Waals surface area contributed by atoms with Gasteiger partial charge in [-0.2, -0.15) is 4.31 Å². The Bertz CT molecular complexity index is 623. The first-order chi connectivity index (χ1) is 9.23. The number of carboxylic acids is 1. The molecule has 9 heteroatoms. The smallest absolute Gasteiger partial charge is 0.371 e. The third-order valence-electron chi connectivity index (χ3n) is 3.35. The summed E-state index contributed by atoms with van der Waals surface area (Å²) in [5, 5.41) is 18.3. The molecule has 0 bridgehead atoms. The van der Waals surface area contributed by atoms with E-state index in [4.69, 9.17) is 9.52 Å². The SMILES string of the molecule is CC(O)C1CCN(S(=O)(=O)c2cc(C(=O)O)oc2Br)C1. The zero-order valence-corrected chi connectivity index (χ0v) is 13.0. The molecular weight excluding hydrogens is 354 g/mol. The van der Waals surface area contributed by atoms with Crippen LogP contribution in [0.15, 0.2) is 20.0 Å². The number of carboxylic acid groups (broad SMARTS) is 1. The normalized spacial score (nSPS) is 22.1. The van der Waals surface area contributed by atoms with Crippen molar-refractivity contribution < 1.29 is 27.8 Å². The Balaban J connectivity index is 2.30. The number of hydrogen-bond donors (Lipinski definition) is 2. The molecule has 1 saturated heterocycles. The lowest BCUT2D eigenvalue weighted by molar-refractivity contribution is 0.0661. The Labute approximate surface area is 124 Å². The minimum Gasteiger partial charge on any atom is -0.475 e. The Morgan fingerprint density at radius 2 is 2.25 bits per heavy atom. The van der Waals surface area contributed by atoms with E-state index >= 15 is 0 Å². The van der Waals surface area contributed by atoms with Gasteiger partial charge in [0.1, 0.15) is 4.90 Å². The first kappa shape index (κ1) is 15.5. The second-order valence-corrected chi connectivity index (χ2v) is 7.33. The molecule has 0 spiro atoms. The van der Waals surface area contributed by atoms with Crippen LogP contribution in [0, 0.1) is 5.92 Å². The standard InChI is InChI=1S/C11H14BrNO6S/c1-6(14)7-2-3-13(5-7)20(17,18)9-4-8(11(15)16)19-10(9)12/h4,6-7,14H,2-3,5H2,1H3,(H,15,16). The fraction of sp³-hybridized carbons (Fsp3) is 0.545. The van der Waals surface area contributed by atoms with E-state index in [1.165, 1.54) is 4.31 Å². The molecule has 2 heterocycles. The molecule has 1 aromatic rings. The van der Waals surface area contributed by atoms with Crippen LogP contribution in [0.4, 0.5) is 0 Å². The van der Waals surface area contributed by atoms with E-state index < -0.39 is 27.9 Å². The molecule has 0 aliphatic carbocycles. The number of halogens is 1. The second-order valence-electron chi connectivity index (χ2n) is 4.71. The van der Waals surface area contributed by atoms with Gasteiger partial charge in [0, 0.05) is 19.2 Å². The van der Waals surface area contributed by atoms with Gasteiger partial charge < -0.3 is 14.6 Å². The molecule has 1 aliphatic rings. The Morgan fingerprint density at radius 3 is 2.70 bits per heavy atom. The topological polar surface area (TPSA) is 108 Å². The van der Waals surface area contributed by atoms with Gasteiger partial charge >= 0.3 is 5.97 Å². The highest BCUT2D eigenvalue weighted by Gasteiger charge is 2.37. The van der Waals surface area contributed by atoms with Crippen LogP contribution < -0.4 is 0 Å². The van der Waals surface area contributed by atoms with E-state index in [0.717, 1.165) is 6.07 Å². The maximum absolute atomic E-state index is 12.4. The molecule has 2 N–H and O–H groups in total. The monoisotopic (exact) mass is 367 g/mol. The van der Waals surface area contributed by atoms with Gasteiger partial charge in [-0.1, -0.05) is 0 Å². The molecule has 1 fully saturated rings. The summed E-state index contributed by atoms with van der Waals surface area (Å²) in [6.07, 6.45) is -0.0180. The van der Waals surface area contributed by atoms with Gasteiger partial charge in [0.05, 0.1) is 6.10 Å². The van der Waals surface area contributed by atoms with Crippen molar-refractivity contribution in [1.29, 1.82) is 0 Å². The summed E-state index contributed by atoms with van der Waals surface area (Å²) in [6, 6.07) is 0.984. The first-order valence-electron chi connectivity index (χ1n) is 5.94. The summed E-state index contributed by atoms with van der Waals surface area (Å²) >= 11 is 2.93. The summed E-state index contributed by atoms with van der Waals surface area (Å²) in [5.74, 6) is -1.90. The molecule has 0 aromatic carbocycles. The summed E-state index contributed by atoms with van der Waals surface area (Å²) in [6.45, 7) is 2.12. The van der Waals surface area contributed by atoms with Gasteiger partial charge in [0.15, 0.2) is 4.67 Å². The van der Waals surface area contributed by atoms with Crippen LogP contribution in [0.1, 0.15) is 23.9 Å². The van der Waals surface area contributed by atoms with Crippen molar-refractivity contribution in [3.63, 3.8) is 0 Å². The van der Waals surface area contributed by atoms with E-state index in [0.29, 0.717) is 6.42 Å². The summed E-state index contributed by atoms with van der Waals surface area (Å²) in [4.78, 5) is 10.6. The quantitative estimate of drug-likeness (QED) is 0.825. The Hall–Kier alpha value is -0.900. The number of hydrogen-bond acceptors (Lipinski definition) is 5. The molecule has 7 nitrogen and oxygen atoms in total. The van der Waals surface area contributed by atoms with Gasteiger partial charge in [0.25, 0.3) is 0 Å². The van der Waals surface area contributed by atoms with E-state index in [1.54, 1.807) is 6.92 Å². The first-order valence-corrected chi connectivity index (χ1v) is 8.17. The van der Waals surface area contributed by atoms with Gasteiger partial charge in [-0.25, -0.2) is 13.2 Å². The zero-order valence-electron chi connectivity index (χ0n) is 10.6. The number of rotatable bonds is 4. The molecule has 2 rings (SSSR count). The fourth-order valence-electron chi connectivity index (χ4n) is 2.14. The van der Waals surface area contributed by atoms with E-state index in [2.05, 4.69) is 15.9 Å². The van der Waals surface area contributed by atoms with Crippen LogP contribution in [0.3, 0.4) is 0 Å². The zero-order chi connectivity index (χ0) is 15.1. The van der Waals surface area contributed by atoms with Gasteiger partial charge in [-0.15, -0.1) is 0 Å². The summed E-state index contributed by atoms with van der Waals surface area (Å²) < 4.78 is 30.8. The lowest BCUT2D eigenvalue weighted by atomic mass is 10.0. The summed E-state index contributed by atoms with van der Waals surface area (Å²) in [7, 11) is -3.83. The van der Waals surface area contributed by atoms with Gasteiger partial charge in [-0.05, 0) is 35.2 Å². The predicted molar refractivity (Wildman–Crippen MR) is 71.9 cm³/mol. The minimum atomic E-state index is -3.83.